The largest absolute Gasteiger partial charge is 0.468 e. The van der Waals surface area contributed by atoms with E-state index in [1.165, 1.54) is 7.11 Å². The lowest BCUT2D eigenvalue weighted by Gasteiger charge is -1.99. The van der Waals surface area contributed by atoms with Crippen LogP contribution in [0.4, 0.5) is 0 Å². The lowest BCUT2D eigenvalue weighted by Crippen LogP contribution is -2.23. The van der Waals surface area contributed by atoms with E-state index in [-0.39, 0.29) is 12.5 Å². The minimum Gasteiger partial charge on any atom is -0.468 e. The number of rotatable bonds is 4. The van der Waals surface area contributed by atoms with E-state index in [4.69, 9.17) is 0 Å². The molecule has 5 heteroatoms. The molecule has 2 aromatic rings. The Balaban J connectivity index is 1.97. The van der Waals surface area contributed by atoms with Gasteiger partial charge in [0.15, 0.2) is 0 Å². The molecular formula is C11H13N3O2. The zero-order chi connectivity index (χ0) is 11.4. The summed E-state index contributed by atoms with van der Waals surface area (Å²) in [5.41, 5.74) is 1.93. The molecule has 0 saturated carbocycles. The fourth-order valence-electron chi connectivity index (χ4n) is 1.44. The van der Waals surface area contributed by atoms with Crippen molar-refractivity contribution in [3.8, 4) is 0 Å². The van der Waals surface area contributed by atoms with E-state index in [1.54, 1.807) is 0 Å². The van der Waals surface area contributed by atoms with E-state index in [1.807, 2.05) is 24.3 Å². The number of imidazole rings is 1. The van der Waals surface area contributed by atoms with E-state index in [0.717, 1.165) is 16.9 Å². The number of hydrogen-bond donors (Lipinski definition) is 2. The Kier molecular flexibility index (Phi) is 3.16. The van der Waals surface area contributed by atoms with Gasteiger partial charge in [-0.1, -0.05) is 12.1 Å². The third-order valence-corrected chi connectivity index (χ3v) is 2.23. The van der Waals surface area contributed by atoms with Crippen LogP contribution in [-0.4, -0.2) is 29.6 Å². The summed E-state index contributed by atoms with van der Waals surface area (Å²) in [6, 6.07) is 7.79. The van der Waals surface area contributed by atoms with E-state index in [0.29, 0.717) is 6.54 Å². The topological polar surface area (TPSA) is 67.0 Å². The van der Waals surface area contributed by atoms with Crippen LogP contribution in [0.25, 0.3) is 11.0 Å². The molecule has 2 N–H and O–H groups in total. The van der Waals surface area contributed by atoms with Crippen LogP contribution < -0.4 is 5.32 Å². The molecule has 0 aliphatic carbocycles. The molecule has 0 aliphatic heterocycles. The molecule has 0 atom stereocenters. The number of hydrogen-bond acceptors (Lipinski definition) is 4. The van der Waals surface area contributed by atoms with Gasteiger partial charge < -0.3 is 9.72 Å². The number of methoxy groups -OCH3 is 1. The van der Waals surface area contributed by atoms with Crippen LogP contribution in [0, 0.1) is 0 Å². The van der Waals surface area contributed by atoms with Crippen molar-refractivity contribution >= 4 is 17.0 Å². The zero-order valence-electron chi connectivity index (χ0n) is 8.99. The van der Waals surface area contributed by atoms with Gasteiger partial charge in [0.25, 0.3) is 0 Å². The number of nitrogens with one attached hydrogen (secondary N) is 2. The summed E-state index contributed by atoms with van der Waals surface area (Å²) in [5.74, 6) is 0.529. The van der Waals surface area contributed by atoms with Gasteiger partial charge in [-0.25, -0.2) is 4.98 Å². The number of carbonyl (C=O) groups is 1. The molecule has 1 aromatic heterocycles. The van der Waals surface area contributed by atoms with E-state index >= 15 is 0 Å². The predicted octanol–water partition coefficient (Wildman–Crippen LogP) is 0.825. The summed E-state index contributed by atoms with van der Waals surface area (Å²) in [5, 5.41) is 2.95. The minimum atomic E-state index is -0.281. The van der Waals surface area contributed by atoms with Crippen molar-refractivity contribution in [1.82, 2.24) is 15.3 Å². The molecule has 0 saturated heterocycles. The van der Waals surface area contributed by atoms with Crippen LogP contribution in [0.3, 0.4) is 0 Å². The van der Waals surface area contributed by atoms with Crippen LogP contribution in [0.5, 0.6) is 0 Å². The first-order chi connectivity index (χ1) is 7.79. The number of fused-ring (bicyclic) bond motifs is 1. The highest BCUT2D eigenvalue weighted by Crippen LogP contribution is 2.09. The predicted molar refractivity (Wildman–Crippen MR) is 59.8 cm³/mol. The third-order valence-electron chi connectivity index (χ3n) is 2.23. The Morgan fingerprint density at radius 2 is 2.31 bits per heavy atom. The van der Waals surface area contributed by atoms with Crippen molar-refractivity contribution in [2.75, 3.05) is 13.7 Å². The van der Waals surface area contributed by atoms with Gasteiger partial charge in [0.05, 0.1) is 31.2 Å². The fraction of sp³-hybridized carbons (Fsp3) is 0.273. The van der Waals surface area contributed by atoms with Gasteiger partial charge in [0, 0.05) is 0 Å². The molecule has 0 bridgehead atoms. The van der Waals surface area contributed by atoms with Crippen molar-refractivity contribution < 1.29 is 9.53 Å². The first kappa shape index (κ1) is 10.6. The molecule has 1 heterocycles. The lowest BCUT2D eigenvalue weighted by molar-refractivity contribution is -0.139. The SMILES string of the molecule is COC(=O)CNCc1nc2ccccc2[nH]1. The Morgan fingerprint density at radius 3 is 3.06 bits per heavy atom. The van der Waals surface area contributed by atoms with Gasteiger partial charge in [-0.15, -0.1) is 0 Å². The lowest BCUT2D eigenvalue weighted by atomic mass is 10.3. The van der Waals surface area contributed by atoms with E-state index in [2.05, 4.69) is 20.0 Å². The second-order valence-electron chi connectivity index (χ2n) is 3.38. The van der Waals surface area contributed by atoms with Gasteiger partial charge >= 0.3 is 5.97 Å². The van der Waals surface area contributed by atoms with Crippen molar-refractivity contribution in [2.45, 2.75) is 6.54 Å². The second kappa shape index (κ2) is 4.76. The van der Waals surface area contributed by atoms with Crippen LogP contribution in [0.2, 0.25) is 0 Å². The fourth-order valence-corrected chi connectivity index (χ4v) is 1.44. The highest BCUT2D eigenvalue weighted by molar-refractivity contribution is 5.74. The molecule has 0 unspecified atom stereocenters. The zero-order valence-corrected chi connectivity index (χ0v) is 8.99. The average molecular weight is 219 g/mol. The smallest absolute Gasteiger partial charge is 0.319 e. The monoisotopic (exact) mass is 219 g/mol. The number of nitrogens with zero attached hydrogens (tertiary/aromatic N) is 1. The Labute approximate surface area is 92.8 Å². The van der Waals surface area contributed by atoms with Gasteiger partial charge in [0.2, 0.25) is 0 Å². The number of ether oxygens (including phenoxy) is 1. The van der Waals surface area contributed by atoms with Crippen molar-refractivity contribution in [1.29, 1.82) is 0 Å². The summed E-state index contributed by atoms with van der Waals surface area (Å²) >= 11 is 0. The number of esters is 1. The summed E-state index contributed by atoms with van der Waals surface area (Å²) in [6.45, 7) is 0.706. The van der Waals surface area contributed by atoms with Crippen LogP contribution in [0.15, 0.2) is 24.3 Å². The Morgan fingerprint density at radius 1 is 1.50 bits per heavy atom. The van der Waals surface area contributed by atoms with E-state index < -0.39 is 0 Å². The molecule has 16 heavy (non-hydrogen) atoms. The number of aromatic amines is 1. The summed E-state index contributed by atoms with van der Waals surface area (Å²) < 4.78 is 4.52. The standard InChI is InChI=1S/C11H13N3O2/c1-16-11(15)7-12-6-10-13-8-4-2-3-5-9(8)14-10/h2-5,12H,6-7H2,1H3,(H,13,14). The molecule has 0 aliphatic rings. The first-order valence-corrected chi connectivity index (χ1v) is 5.01. The highest BCUT2D eigenvalue weighted by Gasteiger charge is 2.03. The number of benzene rings is 1. The average Bonchev–Trinajstić information content (AvgIpc) is 2.71. The Hall–Kier alpha value is -1.88. The van der Waals surface area contributed by atoms with Crippen molar-refractivity contribution in [2.24, 2.45) is 0 Å². The molecular weight excluding hydrogens is 206 g/mol. The van der Waals surface area contributed by atoms with Crippen LogP contribution in [0.1, 0.15) is 5.82 Å². The molecule has 2 rings (SSSR count). The maximum atomic E-state index is 10.9. The molecule has 5 nitrogen and oxygen atoms in total. The summed E-state index contributed by atoms with van der Waals surface area (Å²) in [4.78, 5) is 18.4. The van der Waals surface area contributed by atoms with Crippen LogP contribution >= 0.6 is 0 Å². The summed E-state index contributed by atoms with van der Waals surface area (Å²) in [6.07, 6.45) is 0. The number of aromatic nitrogens is 2. The Bertz CT molecular complexity index is 460. The van der Waals surface area contributed by atoms with Gasteiger partial charge in [-0.3, -0.25) is 10.1 Å². The third kappa shape index (κ3) is 2.38. The number of H-pyrrole nitrogens is 1. The number of carbonyl (C=O) groups excluding carboxylic acids is 1. The maximum absolute atomic E-state index is 10.9. The van der Waals surface area contributed by atoms with Crippen molar-refractivity contribution in [3.05, 3.63) is 30.1 Å². The molecule has 0 amide bonds. The molecule has 1 aromatic carbocycles. The normalized spacial score (nSPS) is 10.6. The number of para-hydroxylation sites is 2. The first-order valence-electron chi connectivity index (χ1n) is 5.01. The van der Waals surface area contributed by atoms with Crippen LogP contribution in [-0.2, 0) is 16.1 Å². The second-order valence-corrected chi connectivity index (χ2v) is 3.38. The van der Waals surface area contributed by atoms with Gasteiger partial charge in [-0.2, -0.15) is 0 Å². The van der Waals surface area contributed by atoms with Crippen molar-refractivity contribution in [3.63, 3.8) is 0 Å². The maximum Gasteiger partial charge on any atom is 0.319 e. The quantitative estimate of drug-likeness (QED) is 0.747. The molecule has 0 spiro atoms. The minimum absolute atomic E-state index is 0.188. The highest BCUT2D eigenvalue weighted by atomic mass is 16.5. The van der Waals surface area contributed by atoms with E-state index in [9.17, 15) is 4.79 Å². The summed E-state index contributed by atoms with van der Waals surface area (Å²) in [7, 11) is 1.37. The van der Waals surface area contributed by atoms with Gasteiger partial charge in [-0.05, 0) is 12.1 Å². The molecule has 0 fully saturated rings. The molecule has 84 valence electrons. The van der Waals surface area contributed by atoms with Gasteiger partial charge in [0.1, 0.15) is 5.82 Å². The molecule has 0 radical (unpaired) electrons.